The SMILES string of the molecule is NC1COCC12CCCC2. The molecule has 2 fully saturated rings. The van der Waals surface area contributed by atoms with E-state index in [0.29, 0.717) is 11.5 Å². The summed E-state index contributed by atoms with van der Waals surface area (Å²) in [6, 6.07) is 0.329. The van der Waals surface area contributed by atoms with E-state index in [1.165, 1.54) is 25.7 Å². The number of ether oxygens (including phenoxy) is 1. The van der Waals surface area contributed by atoms with Gasteiger partial charge in [-0.2, -0.15) is 0 Å². The maximum Gasteiger partial charge on any atom is 0.0624 e. The molecule has 1 heterocycles. The smallest absolute Gasteiger partial charge is 0.0624 e. The Bertz CT molecular complexity index is 124. The Kier molecular flexibility index (Phi) is 1.46. The zero-order valence-electron chi connectivity index (χ0n) is 6.31. The maximum absolute atomic E-state index is 5.95. The van der Waals surface area contributed by atoms with Crippen LogP contribution in [0, 0.1) is 5.41 Å². The molecule has 1 atom stereocenters. The molecular formula is C8H15NO. The van der Waals surface area contributed by atoms with Crippen LogP contribution in [0.25, 0.3) is 0 Å². The van der Waals surface area contributed by atoms with Crippen LogP contribution in [0.2, 0.25) is 0 Å². The zero-order chi connectivity index (χ0) is 7.03. The third-order valence-corrected chi connectivity index (χ3v) is 3.07. The van der Waals surface area contributed by atoms with Gasteiger partial charge in [-0.1, -0.05) is 12.8 Å². The molecular weight excluding hydrogens is 126 g/mol. The molecule has 2 nitrogen and oxygen atoms in total. The maximum atomic E-state index is 5.95. The van der Waals surface area contributed by atoms with Gasteiger partial charge in [-0.15, -0.1) is 0 Å². The molecule has 1 unspecified atom stereocenters. The van der Waals surface area contributed by atoms with Crippen LogP contribution < -0.4 is 5.73 Å². The summed E-state index contributed by atoms with van der Waals surface area (Å²) >= 11 is 0. The lowest BCUT2D eigenvalue weighted by Crippen LogP contribution is -2.38. The average molecular weight is 141 g/mol. The Morgan fingerprint density at radius 3 is 2.50 bits per heavy atom. The first-order valence-corrected chi connectivity index (χ1v) is 4.17. The molecule has 2 heteroatoms. The van der Waals surface area contributed by atoms with Crippen molar-refractivity contribution in [3.63, 3.8) is 0 Å². The second-order valence-corrected chi connectivity index (χ2v) is 3.69. The lowest BCUT2D eigenvalue weighted by Gasteiger charge is -2.25. The molecule has 0 aromatic carbocycles. The van der Waals surface area contributed by atoms with Crippen molar-refractivity contribution in [2.24, 2.45) is 11.1 Å². The zero-order valence-corrected chi connectivity index (χ0v) is 6.31. The molecule has 1 saturated carbocycles. The predicted octanol–water partition coefficient (Wildman–Crippen LogP) is 0.904. The second kappa shape index (κ2) is 2.21. The highest BCUT2D eigenvalue weighted by molar-refractivity contribution is 4.96. The van der Waals surface area contributed by atoms with Crippen LogP contribution in [-0.2, 0) is 4.74 Å². The highest BCUT2D eigenvalue weighted by atomic mass is 16.5. The average Bonchev–Trinajstić information content (AvgIpc) is 2.48. The fourth-order valence-electron chi connectivity index (χ4n) is 2.27. The van der Waals surface area contributed by atoms with Crippen molar-refractivity contribution in [1.82, 2.24) is 0 Å². The van der Waals surface area contributed by atoms with Gasteiger partial charge in [0.1, 0.15) is 0 Å². The first kappa shape index (κ1) is 6.62. The summed E-state index contributed by atoms with van der Waals surface area (Å²) < 4.78 is 5.37. The topological polar surface area (TPSA) is 35.2 Å². The molecule has 0 bridgehead atoms. The summed E-state index contributed by atoms with van der Waals surface area (Å²) in [6.07, 6.45) is 5.32. The van der Waals surface area contributed by atoms with Crippen molar-refractivity contribution in [3.8, 4) is 0 Å². The Morgan fingerprint density at radius 1 is 1.30 bits per heavy atom. The van der Waals surface area contributed by atoms with Crippen LogP contribution in [0.1, 0.15) is 25.7 Å². The summed E-state index contributed by atoms with van der Waals surface area (Å²) in [5.41, 5.74) is 6.35. The van der Waals surface area contributed by atoms with Gasteiger partial charge >= 0.3 is 0 Å². The molecule has 1 saturated heterocycles. The van der Waals surface area contributed by atoms with Gasteiger partial charge in [-0.25, -0.2) is 0 Å². The van der Waals surface area contributed by atoms with Crippen LogP contribution >= 0.6 is 0 Å². The van der Waals surface area contributed by atoms with Crippen molar-refractivity contribution in [1.29, 1.82) is 0 Å². The Labute approximate surface area is 61.7 Å². The van der Waals surface area contributed by atoms with E-state index in [0.717, 1.165) is 13.2 Å². The largest absolute Gasteiger partial charge is 0.379 e. The monoisotopic (exact) mass is 141 g/mol. The minimum Gasteiger partial charge on any atom is -0.379 e. The minimum atomic E-state index is 0.329. The lowest BCUT2D eigenvalue weighted by molar-refractivity contribution is 0.154. The highest BCUT2D eigenvalue weighted by Crippen LogP contribution is 2.43. The van der Waals surface area contributed by atoms with Crippen molar-refractivity contribution >= 4 is 0 Å². The van der Waals surface area contributed by atoms with E-state index >= 15 is 0 Å². The normalized spacial score (nSPS) is 37.5. The Balaban J connectivity index is 2.11. The second-order valence-electron chi connectivity index (χ2n) is 3.69. The van der Waals surface area contributed by atoms with Crippen molar-refractivity contribution in [2.45, 2.75) is 31.7 Å². The first-order chi connectivity index (χ1) is 4.83. The summed E-state index contributed by atoms with van der Waals surface area (Å²) in [7, 11) is 0. The molecule has 0 amide bonds. The molecule has 1 spiro atoms. The van der Waals surface area contributed by atoms with Crippen molar-refractivity contribution in [3.05, 3.63) is 0 Å². The predicted molar refractivity (Wildman–Crippen MR) is 39.7 cm³/mol. The Morgan fingerprint density at radius 2 is 2.00 bits per heavy atom. The van der Waals surface area contributed by atoms with Gasteiger partial charge in [0.2, 0.25) is 0 Å². The van der Waals surface area contributed by atoms with Crippen molar-refractivity contribution < 1.29 is 4.74 Å². The molecule has 10 heavy (non-hydrogen) atoms. The van der Waals surface area contributed by atoms with Gasteiger partial charge < -0.3 is 10.5 Å². The van der Waals surface area contributed by atoms with E-state index in [2.05, 4.69) is 0 Å². The molecule has 1 aliphatic carbocycles. The van der Waals surface area contributed by atoms with Crippen molar-refractivity contribution in [2.75, 3.05) is 13.2 Å². The van der Waals surface area contributed by atoms with E-state index in [-0.39, 0.29) is 0 Å². The third kappa shape index (κ3) is 0.789. The van der Waals surface area contributed by atoms with Gasteiger partial charge in [-0.05, 0) is 12.8 Å². The van der Waals surface area contributed by atoms with E-state index < -0.39 is 0 Å². The van der Waals surface area contributed by atoms with Gasteiger partial charge in [0, 0.05) is 11.5 Å². The molecule has 0 aromatic heterocycles. The first-order valence-electron chi connectivity index (χ1n) is 4.17. The standard InChI is InChI=1S/C8H15NO/c9-7-5-10-6-8(7)3-1-2-4-8/h7H,1-6,9H2. The fourth-order valence-corrected chi connectivity index (χ4v) is 2.27. The summed E-state index contributed by atoms with van der Waals surface area (Å²) in [4.78, 5) is 0. The molecule has 58 valence electrons. The molecule has 0 radical (unpaired) electrons. The molecule has 2 N–H and O–H groups in total. The summed E-state index contributed by atoms with van der Waals surface area (Å²) in [5.74, 6) is 0. The number of rotatable bonds is 0. The van der Waals surface area contributed by atoms with E-state index in [9.17, 15) is 0 Å². The van der Waals surface area contributed by atoms with Crippen LogP contribution in [0.3, 0.4) is 0 Å². The lowest BCUT2D eigenvalue weighted by atomic mass is 9.82. The van der Waals surface area contributed by atoms with Gasteiger partial charge in [0.05, 0.1) is 13.2 Å². The van der Waals surface area contributed by atoms with Crippen LogP contribution in [0.5, 0.6) is 0 Å². The van der Waals surface area contributed by atoms with Crippen LogP contribution in [-0.4, -0.2) is 19.3 Å². The van der Waals surface area contributed by atoms with Gasteiger partial charge in [0.15, 0.2) is 0 Å². The fraction of sp³-hybridized carbons (Fsp3) is 1.00. The molecule has 0 aromatic rings. The minimum absolute atomic E-state index is 0.329. The highest BCUT2D eigenvalue weighted by Gasteiger charge is 2.43. The Hall–Kier alpha value is -0.0800. The van der Waals surface area contributed by atoms with Gasteiger partial charge in [0.25, 0.3) is 0 Å². The van der Waals surface area contributed by atoms with E-state index in [4.69, 9.17) is 10.5 Å². The molecule has 2 rings (SSSR count). The van der Waals surface area contributed by atoms with Crippen LogP contribution in [0.4, 0.5) is 0 Å². The van der Waals surface area contributed by atoms with E-state index in [1.54, 1.807) is 0 Å². The van der Waals surface area contributed by atoms with Crippen LogP contribution in [0.15, 0.2) is 0 Å². The van der Waals surface area contributed by atoms with E-state index in [1.807, 2.05) is 0 Å². The van der Waals surface area contributed by atoms with Gasteiger partial charge in [-0.3, -0.25) is 0 Å². The third-order valence-electron chi connectivity index (χ3n) is 3.07. The number of nitrogens with two attached hydrogens (primary N) is 1. The number of hydrogen-bond acceptors (Lipinski definition) is 2. The summed E-state index contributed by atoms with van der Waals surface area (Å²) in [5, 5.41) is 0. The quantitative estimate of drug-likeness (QED) is 0.544. The molecule has 2 aliphatic rings. The number of hydrogen-bond donors (Lipinski definition) is 1. The molecule has 1 aliphatic heterocycles. The summed E-state index contributed by atoms with van der Waals surface area (Å²) in [6.45, 7) is 1.72.